The summed E-state index contributed by atoms with van der Waals surface area (Å²) < 4.78 is 0. The van der Waals surface area contributed by atoms with Crippen LogP contribution in [-0.2, 0) is 0 Å². The molecule has 0 heterocycles. The molecule has 0 unspecified atom stereocenters. The van der Waals surface area contributed by atoms with Crippen LogP contribution in [0.5, 0.6) is 0 Å². The van der Waals surface area contributed by atoms with Crippen molar-refractivity contribution in [3.05, 3.63) is 12.2 Å². The summed E-state index contributed by atoms with van der Waals surface area (Å²) in [4.78, 5) is 0. The van der Waals surface area contributed by atoms with Gasteiger partial charge in [0.15, 0.2) is 0 Å². The molecule has 0 rings (SSSR count). The minimum Gasteiger partial charge on any atom is -0.303 e. The second kappa shape index (κ2) is 9.78. The molecule has 0 radical (unpaired) electrons. The Bertz CT molecular complexity index is 171. The van der Waals surface area contributed by atoms with Crippen LogP contribution in [0.25, 0.3) is 0 Å². The first-order valence-corrected chi connectivity index (χ1v) is 3.85. The third-order valence-corrected chi connectivity index (χ3v) is 1.15. The quantitative estimate of drug-likeness (QED) is 0.326. The van der Waals surface area contributed by atoms with Crippen molar-refractivity contribution in [2.45, 2.75) is 0 Å². The molecule has 0 aliphatic rings. The monoisotopic (exact) mass is 162 g/mol. The summed E-state index contributed by atoms with van der Waals surface area (Å²) in [6.07, 6.45) is 14.1. The molecule has 0 saturated carbocycles. The van der Waals surface area contributed by atoms with Gasteiger partial charge in [0.05, 0.1) is 13.1 Å². The number of nitrogens with one attached hydrogen (secondary N) is 2. The maximum atomic E-state index is 5.04. The Morgan fingerprint density at radius 1 is 0.917 bits per heavy atom. The van der Waals surface area contributed by atoms with Gasteiger partial charge in [-0.2, -0.15) is 0 Å². The summed E-state index contributed by atoms with van der Waals surface area (Å²) >= 11 is 0. The molecule has 0 atom stereocenters. The van der Waals surface area contributed by atoms with Crippen molar-refractivity contribution in [2.24, 2.45) is 0 Å². The van der Waals surface area contributed by atoms with Crippen LogP contribution in [0.1, 0.15) is 0 Å². The molecular weight excluding hydrogens is 148 g/mol. The van der Waals surface area contributed by atoms with Crippen molar-refractivity contribution in [1.29, 1.82) is 0 Å². The maximum Gasteiger partial charge on any atom is 0.0576 e. The summed E-state index contributed by atoms with van der Waals surface area (Å²) in [6, 6.07) is 0. The number of hydrogen-bond donors (Lipinski definition) is 2. The maximum absolute atomic E-state index is 5.04. The molecule has 0 aliphatic heterocycles. The van der Waals surface area contributed by atoms with Gasteiger partial charge in [-0.15, -0.1) is 12.8 Å². The summed E-state index contributed by atoms with van der Waals surface area (Å²) in [6.45, 7) is 2.84. The normalized spacial score (nSPS) is 9.50. The zero-order valence-corrected chi connectivity index (χ0v) is 7.14. The SMILES string of the molecule is C#CCNC/C=C/CNCC#C. The molecular formula is C10H14N2. The van der Waals surface area contributed by atoms with Crippen LogP contribution in [0.3, 0.4) is 0 Å². The topological polar surface area (TPSA) is 24.1 Å². The summed E-state index contributed by atoms with van der Waals surface area (Å²) in [7, 11) is 0. The largest absolute Gasteiger partial charge is 0.303 e. The summed E-state index contributed by atoms with van der Waals surface area (Å²) in [5.41, 5.74) is 0. The molecule has 64 valence electrons. The van der Waals surface area contributed by atoms with Crippen molar-refractivity contribution < 1.29 is 0 Å². The zero-order chi connectivity index (χ0) is 9.07. The van der Waals surface area contributed by atoms with Gasteiger partial charge in [0, 0.05) is 13.1 Å². The third kappa shape index (κ3) is 8.78. The van der Waals surface area contributed by atoms with E-state index in [2.05, 4.69) is 22.5 Å². The predicted octanol–water partition coefficient (Wildman–Crippen LogP) is -0.0118. The van der Waals surface area contributed by atoms with Crippen LogP contribution in [0.4, 0.5) is 0 Å². The lowest BCUT2D eigenvalue weighted by atomic mass is 10.4. The van der Waals surface area contributed by atoms with E-state index in [1.54, 1.807) is 0 Å². The highest BCUT2D eigenvalue weighted by Gasteiger charge is 1.77. The first-order chi connectivity index (χ1) is 5.91. The van der Waals surface area contributed by atoms with Crippen LogP contribution in [0.15, 0.2) is 12.2 Å². The Morgan fingerprint density at radius 3 is 1.67 bits per heavy atom. The molecule has 0 aromatic carbocycles. The molecule has 2 heteroatoms. The Labute approximate surface area is 74.4 Å². The second-order valence-electron chi connectivity index (χ2n) is 2.14. The predicted molar refractivity (Wildman–Crippen MR) is 52.5 cm³/mol. The lowest BCUT2D eigenvalue weighted by Gasteiger charge is -1.94. The highest BCUT2D eigenvalue weighted by Crippen LogP contribution is 1.68. The number of hydrogen-bond acceptors (Lipinski definition) is 2. The van der Waals surface area contributed by atoms with Gasteiger partial charge < -0.3 is 10.6 Å². The first-order valence-electron chi connectivity index (χ1n) is 3.85. The van der Waals surface area contributed by atoms with Crippen molar-refractivity contribution in [2.75, 3.05) is 26.2 Å². The number of rotatable bonds is 6. The van der Waals surface area contributed by atoms with Gasteiger partial charge in [0.25, 0.3) is 0 Å². The van der Waals surface area contributed by atoms with E-state index in [-0.39, 0.29) is 0 Å². The smallest absolute Gasteiger partial charge is 0.0576 e. The summed E-state index contributed by atoms with van der Waals surface area (Å²) in [5.74, 6) is 4.98. The Kier molecular flexibility index (Phi) is 8.79. The van der Waals surface area contributed by atoms with E-state index in [1.807, 2.05) is 12.2 Å². The molecule has 0 fully saturated rings. The Balaban J connectivity index is 3.06. The highest BCUT2D eigenvalue weighted by molar-refractivity contribution is 4.92. The molecule has 0 aliphatic carbocycles. The Hall–Kier alpha value is -1.22. The van der Waals surface area contributed by atoms with Crippen molar-refractivity contribution in [3.8, 4) is 24.7 Å². The van der Waals surface area contributed by atoms with Gasteiger partial charge in [-0.05, 0) is 0 Å². The summed E-state index contributed by atoms with van der Waals surface area (Å²) in [5, 5.41) is 6.07. The van der Waals surface area contributed by atoms with Crippen LogP contribution >= 0.6 is 0 Å². The minimum absolute atomic E-state index is 0.613. The van der Waals surface area contributed by atoms with E-state index in [1.165, 1.54) is 0 Å². The van der Waals surface area contributed by atoms with Gasteiger partial charge >= 0.3 is 0 Å². The fourth-order valence-electron chi connectivity index (χ4n) is 0.622. The van der Waals surface area contributed by atoms with E-state index in [0.29, 0.717) is 13.1 Å². The van der Waals surface area contributed by atoms with E-state index in [0.717, 1.165) is 13.1 Å². The van der Waals surface area contributed by atoms with Gasteiger partial charge in [-0.1, -0.05) is 24.0 Å². The van der Waals surface area contributed by atoms with E-state index >= 15 is 0 Å². The lowest BCUT2D eigenvalue weighted by molar-refractivity contribution is 0.834. The molecule has 0 amide bonds. The van der Waals surface area contributed by atoms with Gasteiger partial charge in [0.2, 0.25) is 0 Å². The van der Waals surface area contributed by atoms with Crippen molar-refractivity contribution in [3.63, 3.8) is 0 Å². The van der Waals surface area contributed by atoms with Crippen molar-refractivity contribution in [1.82, 2.24) is 10.6 Å². The fourth-order valence-corrected chi connectivity index (χ4v) is 0.622. The highest BCUT2D eigenvalue weighted by atomic mass is 14.8. The number of terminal acetylenes is 2. The van der Waals surface area contributed by atoms with E-state index in [4.69, 9.17) is 12.8 Å². The second-order valence-corrected chi connectivity index (χ2v) is 2.14. The average Bonchev–Trinajstić information content (AvgIpc) is 2.10. The molecule has 0 aromatic heterocycles. The van der Waals surface area contributed by atoms with Crippen LogP contribution in [-0.4, -0.2) is 26.2 Å². The molecule has 12 heavy (non-hydrogen) atoms. The van der Waals surface area contributed by atoms with Crippen LogP contribution in [0, 0.1) is 24.7 Å². The lowest BCUT2D eigenvalue weighted by Crippen LogP contribution is -2.15. The van der Waals surface area contributed by atoms with Gasteiger partial charge in [-0.25, -0.2) is 0 Å². The molecule has 0 bridgehead atoms. The zero-order valence-electron chi connectivity index (χ0n) is 7.14. The molecule has 0 spiro atoms. The standard InChI is InChI=1S/C10H14N2/c1-3-7-11-9-5-6-10-12-8-4-2/h1-2,5-6,11-12H,7-10H2/b6-5+. The van der Waals surface area contributed by atoms with Gasteiger partial charge in [0.1, 0.15) is 0 Å². The molecule has 0 aromatic rings. The Morgan fingerprint density at radius 2 is 1.33 bits per heavy atom. The van der Waals surface area contributed by atoms with E-state index in [9.17, 15) is 0 Å². The average molecular weight is 162 g/mol. The molecule has 0 saturated heterocycles. The minimum atomic E-state index is 0.613. The fraction of sp³-hybridized carbons (Fsp3) is 0.400. The third-order valence-electron chi connectivity index (χ3n) is 1.15. The van der Waals surface area contributed by atoms with Crippen molar-refractivity contribution >= 4 is 0 Å². The molecule has 2 N–H and O–H groups in total. The van der Waals surface area contributed by atoms with Crippen LogP contribution < -0.4 is 10.6 Å². The van der Waals surface area contributed by atoms with Gasteiger partial charge in [-0.3, -0.25) is 0 Å². The van der Waals surface area contributed by atoms with Crippen LogP contribution in [0.2, 0.25) is 0 Å². The van der Waals surface area contributed by atoms with E-state index < -0.39 is 0 Å². The first kappa shape index (κ1) is 10.8. The molecule has 2 nitrogen and oxygen atoms in total.